The normalized spacial score (nSPS) is 12.7. The number of benzene rings is 1. The topological polar surface area (TPSA) is 38.3 Å². The summed E-state index contributed by atoms with van der Waals surface area (Å²) in [6, 6.07) is 10.2. The molecule has 0 bridgehead atoms. The standard InChI is InChI=1S/C18H23NO2S/c1-5-16(19-17(20)21-18(2,3)4)15-9-7-6-8-14(15)13-10-11-22-12-13/h6-12,16H,5H2,1-4H3,(H,19,20). The molecule has 0 saturated carbocycles. The van der Waals surface area contributed by atoms with Gasteiger partial charge in [-0.1, -0.05) is 31.2 Å². The van der Waals surface area contributed by atoms with Gasteiger partial charge in [-0.25, -0.2) is 4.79 Å². The van der Waals surface area contributed by atoms with Crippen molar-refractivity contribution in [2.45, 2.75) is 45.8 Å². The Balaban J connectivity index is 2.23. The van der Waals surface area contributed by atoms with Crippen LogP contribution in [0.2, 0.25) is 0 Å². The van der Waals surface area contributed by atoms with Crippen molar-refractivity contribution in [3.05, 3.63) is 46.7 Å². The van der Waals surface area contributed by atoms with Crippen LogP contribution in [0.15, 0.2) is 41.1 Å². The third kappa shape index (κ3) is 4.34. The molecule has 22 heavy (non-hydrogen) atoms. The average molecular weight is 317 g/mol. The van der Waals surface area contributed by atoms with Crippen molar-refractivity contribution in [3.63, 3.8) is 0 Å². The molecule has 1 aromatic heterocycles. The van der Waals surface area contributed by atoms with Crippen LogP contribution in [0.1, 0.15) is 45.7 Å². The largest absolute Gasteiger partial charge is 0.444 e. The zero-order valence-corrected chi connectivity index (χ0v) is 14.4. The Morgan fingerprint density at radius 1 is 1.27 bits per heavy atom. The minimum Gasteiger partial charge on any atom is -0.444 e. The van der Waals surface area contributed by atoms with E-state index in [9.17, 15) is 4.79 Å². The first-order valence-electron chi connectivity index (χ1n) is 7.51. The number of carbonyl (C=O) groups is 1. The maximum Gasteiger partial charge on any atom is 0.408 e. The van der Waals surface area contributed by atoms with Crippen molar-refractivity contribution in [2.24, 2.45) is 0 Å². The first-order valence-corrected chi connectivity index (χ1v) is 8.46. The number of alkyl carbamates (subject to hydrolysis) is 1. The molecular formula is C18H23NO2S. The summed E-state index contributed by atoms with van der Waals surface area (Å²) in [4.78, 5) is 12.1. The molecule has 1 N–H and O–H groups in total. The fourth-order valence-corrected chi connectivity index (χ4v) is 2.99. The van der Waals surface area contributed by atoms with Gasteiger partial charge in [0.2, 0.25) is 0 Å². The molecule has 0 fully saturated rings. The highest BCUT2D eigenvalue weighted by atomic mass is 32.1. The van der Waals surface area contributed by atoms with Gasteiger partial charge in [-0.05, 0) is 60.7 Å². The third-order valence-electron chi connectivity index (χ3n) is 3.27. The quantitative estimate of drug-likeness (QED) is 0.821. The second-order valence-corrected chi connectivity index (χ2v) is 6.99. The summed E-state index contributed by atoms with van der Waals surface area (Å²) in [6.07, 6.45) is 0.430. The van der Waals surface area contributed by atoms with E-state index in [2.05, 4.69) is 41.2 Å². The fraction of sp³-hybridized carbons (Fsp3) is 0.389. The van der Waals surface area contributed by atoms with Crippen molar-refractivity contribution < 1.29 is 9.53 Å². The Bertz CT molecular complexity index is 614. The predicted molar refractivity (Wildman–Crippen MR) is 92.2 cm³/mol. The SMILES string of the molecule is CCC(NC(=O)OC(C)(C)C)c1ccccc1-c1ccsc1. The molecular weight excluding hydrogens is 294 g/mol. The van der Waals surface area contributed by atoms with E-state index in [0.29, 0.717) is 0 Å². The predicted octanol–water partition coefficient (Wildman–Crippen LogP) is 5.39. The van der Waals surface area contributed by atoms with E-state index in [1.165, 1.54) is 5.56 Å². The number of ether oxygens (including phenoxy) is 1. The van der Waals surface area contributed by atoms with E-state index in [-0.39, 0.29) is 12.1 Å². The molecule has 0 aliphatic rings. The molecule has 1 unspecified atom stereocenters. The molecule has 118 valence electrons. The summed E-state index contributed by atoms with van der Waals surface area (Å²) in [6.45, 7) is 7.67. The molecule has 1 heterocycles. The second-order valence-electron chi connectivity index (χ2n) is 6.21. The number of nitrogens with one attached hydrogen (secondary N) is 1. The number of rotatable bonds is 4. The zero-order valence-electron chi connectivity index (χ0n) is 13.6. The molecule has 1 amide bonds. The van der Waals surface area contributed by atoms with E-state index in [0.717, 1.165) is 17.5 Å². The van der Waals surface area contributed by atoms with E-state index < -0.39 is 5.60 Å². The van der Waals surface area contributed by atoms with Crippen molar-refractivity contribution >= 4 is 17.4 Å². The van der Waals surface area contributed by atoms with E-state index in [4.69, 9.17) is 4.74 Å². The van der Waals surface area contributed by atoms with Gasteiger partial charge in [0.25, 0.3) is 0 Å². The summed E-state index contributed by atoms with van der Waals surface area (Å²) in [5, 5.41) is 7.17. The third-order valence-corrected chi connectivity index (χ3v) is 3.95. The maximum atomic E-state index is 12.1. The Morgan fingerprint density at radius 2 is 2.00 bits per heavy atom. The molecule has 4 heteroatoms. The van der Waals surface area contributed by atoms with Crippen LogP contribution in [0.5, 0.6) is 0 Å². The van der Waals surface area contributed by atoms with Crippen LogP contribution >= 0.6 is 11.3 Å². The average Bonchev–Trinajstić information content (AvgIpc) is 2.97. The van der Waals surface area contributed by atoms with Crippen molar-refractivity contribution in [2.75, 3.05) is 0 Å². The van der Waals surface area contributed by atoms with Gasteiger partial charge in [0, 0.05) is 0 Å². The summed E-state index contributed by atoms with van der Waals surface area (Å²) < 4.78 is 5.37. The van der Waals surface area contributed by atoms with Crippen LogP contribution in [-0.4, -0.2) is 11.7 Å². The van der Waals surface area contributed by atoms with E-state index in [1.807, 2.05) is 32.9 Å². The van der Waals surface area contributed by atoms with Gasteiger partial charge in [0.1, 0.15) is 5.60 Å². The highest BCUT2D eigenvalue weighted by molar-refractivity contribution is 7.08. The number of hydrogen-bond donors (Lipinski definition) is 1. The summed E-state index contributed by atoms with van der Waals surface area (Å²) >= 11 is 1.67. The van der Waals surface area contributed by atoms with Crippen LogP contribution in [0.4, 0.5) is 4.79 Å². The Morgan fingerprint density at radius 3 is 2.59 bits per heavy atom. The number of thiophene rings is 1. The molecule has 1 atom stereocenters. The van der Waals surface area contributed by atoms with Gasteiger partial charge in [0.05, 0.1) is 6.04 Å². The van der Waals surface area contributed by atoms with Gasteiger partial charge in [-0.15, -0.1) is 0 Å². The first kappa shape index (κ1) is 16.6. The summed E-state index contributed by atoms with van der Waals surface area (Å²) in [5.74, 6) is 0. The second kappa shape index (κ2) is 6.97. The lowest BCUT2D eigenvalue weighted by Gasteiger charge is -2.24. The van der Waals surface area contributed by atoms with Gasteiger partial charge < -0.3 is 10.1 Å². The monoisotopic (exact) mass is 317 g/mol. The molecule has 0 aliphatic heterocycles. The van der Waals surface area contributed by atoms with Crippen LogP contribution in [0.3, 0.4) is 0 Å². The highest BCUT2D eigenvalue weighted by Crippen LogP contribution is 2.31. The van der Waals surface area contributed by atoms with Crippen LogP contribution in [0, 0.1) is 0 Å². The van der Waals surface area contributed by atoms with Gasteiger partial charge in [-0.2, -0.15) is 11.3 Å². The molecule has 0 radical (unpaired) electrons. The molecule has 2 rings (SSSR count). The Hall–Kier alpha value is -1.81. The minimum atomic E-state index is -0.491. The Kier molecular flexibility index (Phi) is 5.24. The van der Waals surface area contributed by atoms with Gasteiger partial charge >= 0.3 is 6.09 Å². The number of carbonyl (C=O) groups excluding carboxylic acids is 1. The molecule has 0 saturated heterocycles. The van der Waals surface area contributed by atoms with E-state index in [1.54, 1.807) is 11.3 Å². The first-order chi connectivity index (χ1) is 10.4. The van der Waals surface area contributed by atoms with Crippen molar-refractivity contribution in [1.82, 2.24) is 5.32 Å². The lowest BCUT2D eigenvalue weighted by Crippen LogP contribution is -2.35. The van der Waals surface area contributed by atoms with Gasteiger partial charge in [0.15, 0.2) is 0 Å². The van der Waals surface area contributed by atoms with Crippen LogP contribution in [-0.2, 0) is 4.74 Å². The fourth-order valence-electron chi connectivity index (χ4n) is 2.33. The zero-order chi connectivity index (χ0) is 16.2. The molecule has 3 nitrogen and oxygen atoms in total. The van der Waals surface area contributed by atoms with Crippen LogP contribution in [0.25, 0.3) is 11.1 Å². The molecule has 2 aromatic rings. The van der Waals surface area contributed by atoms with Crippen molar-refractivity contribution in [3.8, 4) is 11.1 Å². The van der Waals surface area contributed by atoms with Crippen LogP contribution < -0.4 is 5.32 Å². The number of amides is 1. The lowest BCUT2D eigenvalue weighted by atomic mass is 9.95. The summed E-state index contributed by atoms with van der Waals surface area (Å²) in [5.41, 5.74) is 2.97. The van der Waals surface area contributed by atoms with E-state index >= 15 is 0 Å². The lowest BCUT2D eigenvalue weighted by molar-refractivity contribution is 0.0502. The molecule has 1 aromatic carbocycles. The minimum absolute atomic E-state index is 0.0639. The highest BCUT2D eigenvalue weighted by Gasteiger charge is 2.21. The summed E-state index contributed by atoms with van der Waals surface area (Å²) in [7, 11) is 0. The molecule has 0 aliphatic carbocycles. The molecule has 0 spiro atoms. The number of hydrogen-bond acceptors (Lipinski definition) is 3. The maximum absolute atomic E-state index is 12.1. The smallest absolute Gasteiger partial charge is 0.408 e. The van der Waals surface area contributed by atoms with Crippen molar-refractivity contribution in [1.29, 1.82) is 0 Å². The van der Waals surface area contributed by atoms with Gasteiger partial charge in [-0.3, -0.25) is 0 Å². The Labute approximate surface area is 136 Å².